The van der Waals surface area contributed by atoms with Crippen LogP contribution in [0.3, 0.4) is 0 Å². The van der Waals surface area contributed by atoms with E-state index in [-0.39, 0.29) is 23.2 Å². The van der Waals surface area contributed by atoms with Crippen LogP contribution in [0.4, 0.5) is 0 Å². The first-order chi connectivity index (χ1) is 10.7. The van der Waals surface area contributed by atoms with Crippen LogP contribution in [-0.4, -0.2) is 19.2 Å². The molecule has 0 bridgehead atoms. The molecule has 1 unspecified atom stereocenters. The Balaban J connectivity index is 0.00000288. The van der Waals surface area contributed by atoms with Gasteiger partial charge >= 0.3 is 0 Å². The fourth-order valence-electron chi connectivity index (χ4n) is 3.19. The summed E-state index contributed by atoms with van der Waals surface area (Å²) in [7, 11) is 0. The second kappa shape index (κ2) is 8.58. The number of piperidine rings is 1. The summed E-state index contributed by atoms with van der Waals surface area (Å²) in [5.41, 5.74) is 2.97. The van der Waals surface area contributed by atoms with Crippen LogP contribution in [0.2, 0.25) is 0 Å². The third-order valence-corrected chi connectivity index (χ3v) is 4.79. The lowest BCUT2D eigenvalue weighted by atomic mass is 9.80. The van der Waals surface area contributed by atoms with Crippen molar-refractivity contribution >= 4 is 12.4 Å². The largest absolute Gasteiger partial charge is 0.493 e. The Morgan fingerprint density at radius 2 is 1.75 bits per heavy atom. The minimum atomic E-state index is 0. The summed E-state index contributed by atoms with van der Waals surface area (Å²) >= 11 is 0. The predicted octanol–water partition coefficient (Wildman–Crippen LogP) is 5.61. The van der Waals surface area contributed by atoms with E-state index >= 15 is 0 Å². The Labute approximate surface area is 155 Å². The number of nitrogens with one attached hydrogen (secondary N) is 1. The minimum Gasteiger partial charge on any atom is -0.493 e. The average molecular weight is 354 g/mol. The molecule has 0 saturated carbocycles. The molecule has 1 aromatic carbocycles. The molecule has 1 N–H and O–H groups in total. The third-order valence-electron chi connectivity index (χ3n) is 4.79. The molecule has 138 valence electrons. The maximum Gasteiger partial charge on any atom is 0.123 e. The maximum absolute atomic E-state index is 6.19. The lowest BCUT2D eigenvalue weighted by Crippen LogP contribution is -2.35. The first-order valence-electron chi connectivity index (χ1n) is 9.19. The van der Waals surface area contributed by atoms with E-state index in [1.54, 1.807) is 0 Å². The minimum absolute atomic E-state index is 0. The second-order valence-electron chi connectivity index (χ2n) is 8.99. The number of benzene rings is 1. The van der Waals surface area contributed by atoms with Gasteiger partial charge in [0.2, 0.25) is 0 Å². The van der Waals surface area contributed by atoms with E-state index in [9.17, 15) is 0 Å². The van der Waals surface area contributed by atoms with E-state index in [0.717, 1.165) is 25.3 Å². The lowest BCUT2D eigenvalue weighted by Gasteiger charge is -2.28. The van der Waals surface area contributed by atoms with Gasteiger partial charge < -0.3 is 10.1 Å². The predicted molar refractivity (Wildman–Crippen MR) is 107 cm³/mol. The number of halogens is 1. The van der Waals surface area contributed by atoms with Gasteiger partial charge in [0.05, 0.1) is 6.61 Å². The Morgan fingerprint density at radius 3 is 2.29 bits per heavy atom. The highest BCUT2D eigenvalue weighted by Gasteiger charge is 2.23. The van der Waals surface area contributed by atoms with Crippen molar-refractivity contribution in [2.24, 2.45) is 0 Å². The topological polar surface area (TPSA) is 21.3 Å². The standard InChI is InChI=1S/C21H35NO.ClH/c1-20(2,3)16-10-11-19(18(15-16)21(4,5)6)23-14-12-17-9-7-8-13-22-17;/h10-11,15,17,22H,7-9,12-14H2,1-6H3;1H. The van der Waals surface area contributed by atoms with Gasteiger partial charge in [-0.15, -0.1) is 12.4 Å². The SMILES string of the molecule is CC(C)(C)c1ccc(OCCC2CCCCN2)c(C(C)(C)C)c1.Cl. The number of hydrogen-bond acceptors (Lipinski definition) is 2. The molecule has 0 aliphatic carbocycles. The van der Waals surface area contributed by atoms with Gasteiger partial charge in [-0.1, -0.05) is 60.1 Å². The Hall–Kier alpha value is -0.730. The third kappa shape index (κ3) is 5.97. The highest BCUT2D eigenvalue weighted by atomic mass is 35.5. The van der Waals surface area contributed by atoms with Crippen molar-refractivity contribution in [2.75, 3.05) is 13.2 Å². The molecule has 0 amide bonds. The Bertz CT molecular complexity index is 508. The van der Waals surface area contributed by atoms with Gasteiger partial charge in [0.1, 0.15) is 5.75 Å². The van der Waals surface area contributed by atoms with Gasteiger partial charge in [-0.2, -0.15) is 0 Å². The fraction of sp³-hybridized carbons (Fsp3) is 0.714. The van der Waals surface area contributed by atoms with Crippen LogP contribution < -0.4 is 10.1 Å². The molecule has 1 aromatic rings. The van der Waals surface area contributed by atoms with Crippen LogP contribution in [0.15, 0.2) is 18.2 Å². The zero-order valence-corrected chi connectivity index (χ0v) is 17.2. The molecule has 0 radical (unpaired) electrons. The molecule has 3 heteroatoms. The van der Waals surface area contributed by atoms with Crippen molar-refractivity contribution in [2.45, 2.75) is 84.1 Å². The van der Waals surface area contributed by atoms with Crippen LogP contribution in [0, 0.1) is 0 Å². The van der Waals surface area contributed by atoms with Crippen molar-refractivity contribution in [1.29, 1.82) is 0 Å². The van der Waals surface area contributed by atoms with E-state index < -0.39 is 0 Å². The molecule has 0 aromatic heterocycles. The molecule has 2 nitrogen and oxygen atoms in total. The monoisotopic (exact) mass is 353 g/mol. The van der Waals surface area contributed by atoms with Crippen molar-refractivity contribution < 1.29 is 4.74 Å². The average Bonchev–Trinajstić information content (AvgIpc) is 2.46. The van der Waals surface area contributed by atoms with Gasteiger partial charge in [-0.3, -0.25) is 0 Å². The molecule has 2 rings (SSSR count). The van der Waals surface area contributed by atoms with E-state index in [2.05, 4.69) is 65.1 Å². The normalized spacial score (nSPS) is 18.8. The fourth-order valence-corrected chi connectivity index (χ4v) is 3.19. The van der Waals surface area contributed by atoms with Crippen LogP contribution in [0.25, 0.3) is 0 Å². The maximum atomic E-state index is 6.19. The van der Waals surface area contributed by atoms with Gasteiger partial charge in [0.15, 0.2) is 0 Å². The molecule has 1 aliphatic rings. The number of hydrogen-bond donors (Lipinski definition) is 1. The molecular weight excluding hydrogens is 318 g/mol. The first-order valence-corrected chi connectivity index (χ1v) is 9.19. The second-order valence-corrected chi connectivity index (χ2v) is 8.99. The summed E-state index contributed by atoms with van der Waals surface area (Å²) in [5.74, 6) is 1.06. The van der Waals surface area contributed by atoms with Gasteiger partial charge in [-0.05, 0) is 53.8 Å². The highest BCUT2D eigenvalue weighted by molar-refractivity contribution is 5.85. The summed E-state index contributed by atoms with van der Waals surface area (Å²) in [5, 5.41) is 3.60. The zero-order chi connectivity index (χ0) is 17.1. The quantitative estimate of drug-likeness (QED) is 0.759. The van der Waals surface area contributed by atoms with Crippen LogP contribution in [0.1, 0.15) is 78.4 Å². The van der Waals surface area contributed by atoms with E-state index in [1.165, 1.54) is 30.4 Å². The van der Waals surface area contributed by atoms with Gasteiger partial charge in [0.25, 0.3) is 0 Å². The van der Waals surface area contributed by atoms with E-state index in [4.69, 9.17) is 4.74 Å². The summed E-state index contributed by atoms with van der Waals surface area (Å²) in [6.07, 6.45) is 5.06. The first kappa shape index (κ1) is 21.3. The molecule has 1 heterocycles. The van der Waals surface area contributed by atoms with E-state index in [1.807, 2.05) is 0 Å². The summed E-state index contributed by atoms with van der Waals surface area (Å²) in [4.78, 5) is 0. The highest BCUT2D eigenvalue weighted by Crippen LogP contribution is 2.35. The van der Waals surface area contributed by atoms with Crippen molar-refractivity contribution in [3.05, 3.63) is 29.3 Å². The number of ether oxygens (including phenoxy) is 1. The van der Waals surface area contributed by atoms with E-state index in [0.29, 0.717) is 6.04 Å². The molecule has 1 saturated heterocycles. The summed E-state index contributed by atoms with van der Waals surface area (Å²) < 4.78 is 6.19. The van der Waals surface area contributed by atoms with Crippen LogP contribution in [-0.2, 0) is 10.8 Å². The molecule has 1 atom stereocenters. The summed E-state index contributed by atoms with van der Waals surface area (Å²) in [6, 6.07) is 7.38. The molecule has 0 spiro atoms. The molecule has 1 aliphatic heterocycles. The van der Waals surface area contributed by atoms with Crippen LogP contribution in [0.5, 0.6) is 5.75 Å². The molecule has 24 heavy (non-hydrogen) atoms. The van der Waals surface area contributed by atoms with Crippen molar-refractivity contribution in [3.63, 3.8) is 0 Å². The Kier molecular flexibility index (Phi) is 7.62. The van der Waals surface area contributed by atoms with Crippen molar-refractivity contribution in [3.8, 4) is 5.75 Å². The van der Waals surface area contributed by atoms with Gasteiger partial charge in [0, 0.05) is 6.04 Å². The zero-order valence-electron chi connectivity index (χ0n) is 16.4. The van der Waals surface area contributed by atoms with Crippen LogP contribution >= 0.6 is 12.4 Å². The smallest absolute Gasteiger partial charge is 0.123 e. The lowest BCUT2D eigenvalue weighted by molar-refractivity contribution is 0.263. The molecule has 1 fully saturated rings. The number of rotatable bonds is 4. The van der Waals surface area contributed by atoms with Gasteiger partial charge in [-0.25, -0.2) is 0 Å². The van der Waals surface area contributed by atoms with Crippen molar-refractivity contribution in [1.82, 2.24) is 5.32 Å². The molecular formula is C21H36ClNO. The Morgan fingerprint density at radius 1 is 1.04 bits per heavy atom. The summed E-state index contributed by atoms with van der Waals surface area (Å²) in [6.45, 7) is 15.6.